The summed E-state index contributed by atoms with van der Waals surface area (Å²) in [6.07, 6.45) is 0.689. The van der Waals surface area contributed by atoms with E-state index in [9.17, 15) is 9.59 Å². The SMILES string of the molecule is COc1cc(C=O)ccc1OC(=O)c1cc(-c2ccc(Cl)cc2)n(-c2ccccc2)n1. The first-order valence-corrected chi connectivity index (χ1v) is 9.73. The number of benzene rings is 3. The summed E-state index contributed by atoms with van der Waals surface area (Å²) in [5.41, 5.74) is 2.87. The summed E-state index contributed by atoms with van der Waals surface area (Å²) in [5.74, 6) is -0.180. The molecule has 0 aliphatic carbocycles. The zero-order valence-electron chi connectivity index (χ0n) is 16.5. The number of hydrogen-bond donors (Lipinski definition) is 0. The van der Waals surface area contributed by atoms with Crippen LogP contribution in [0.15, 0.2) is 78.9 Å². The van der Waals surface area contributed by atoms with Crippen molar-refractivity contribution in [3.8, 4) is 28.4 Å². The molecule has 7 heteroatoms. The van der Waals surface area contributed by atoms with E-state index in [1.165, 1.54) is 19.2 Å². The molecule has 4 rings (SSSR count). The third kappa shape index (κ3) is 4.34. The number of ether oxygens (including phenoxy) is 2. The Morgan fingerprint density at radius 2 is 1.71 bits per heavy atom. The molecule has 0 atom stereocenters. The van der Waals surface area contributed by atoms with Gasteiger partial charge in [-0.15, -0.1) is 0 Å². The molecule has 1 aromatic heterocycles. The van der Waals surface area contributed by atoms with Gasteiger partial charge >= 0.3 is 5.97 Å². The van der Waals surface area contributed by atoms with Gasteiger partial charge in [0.25, 0.3) is 0 Å². The van der Waals surface area contributed by atoms with E-state index in [1.807, 2.05) is 42.5 Å². The van der Waals surface area contributed by atoms with Gasteiger partial charge in [0, 0.05) is 16.1 Å². The van der Waals surface area contributed by atoms with Crippen molar-refractivity contribution < 1.29 is 19.1 Å². The molecule has 0 aliphatic rings. The minimum Gasteiger partial charge on any atom is -0.493 e. The van der Waals surface area contributed by atoms with E-state index >= 15 is 0 Å². The fourth-order valence-corrected chi connectivity index (χ4v) is 3.19. The van der Waals surface area contributed by atoms with Crippen LogP contribution in [-0.2, 0) is 0 Å². The Morgan fingerprint density at radius 3 is 2.39 bits per heavy atom. The molecule has 154 valence electrons. The van der Waals surface area contributed by atoms with Crippen molar-refractivity contribution in [3.05, 3.63) is 95.1 Å². The summed E-state index contributed by atoms with van der Waals surface area (Å²) >= 11 is 6.02. The highest BCUT2D eigenvalue weighted by molar-refractivity contribution is 6.30. The molecular formula is C24H17ClN2O4. The summed E-state index contributed by atoms with van der Waals surface area (Å²) in [5, 5.41) is 5.09. The summed E-state index contributed by atoms with van der Waals surface area (Å²) in [7, 11) is 1.43. The predicted molar refractivity (Wildman–Crippen MR) is 117 cm³/mol. The summed E-state index contributed by atoms with van der Waals surface area (Å²) in [4.78, 5) is 23.9. The van der Waals surface area contributed by atoms with Crippen LogP contribution < -0.4 is 9.47 Å². The van der Waals surface area contributed by atoms with Gasteiger partial charge in [-0.05, 0) is 48.5 Å². The average Bonchev–Trinajstić information content (AvgIpc) is 3.26. The van der Waals surface area contributed by atoms with Crippen molar-refractivity contribution in [3.63, 3.8) is 0 Å². The number of aromatic nitrogens is 2. The summed E-state index contributed by atoms with van der Waals surface area (Å²) < 4.78 is 12.4. The lowest BCUT2D eigenvalue weighted by Crippen LogP contribution is -2.11. The standard InChI is InChI=1S/C24H17ClN2O4/c1-30-23-13-16(15-28)7-12-22(23)31-24(29)20-14-21(17-8-10-18(25)11-9-17)27(26-20)19-5-3-2-4-6-19/h2-15H,1H3. The van der Waals surface area contributed by atoms with E-state index in [-0.39, 0.29) is 17.2 Å². The zero-order chi connectivity index (χ0) is 21.8. The van der Waals surface area contributed by atoms with Crippen LogP contribution in [0.5, 0.6) is 11.5 Å². The molecule has 0 saturated carbocycles. The van der Waals surface area contributed by atoms with Crippen molar-refractivity contribution in [2.45, 2.75) is 0 Å². The second-order valence-corrected chi connectivity index (χ2v) is 7.02. The van der Waals surface area contributed by atoms with Crippen LogP contribution >= 0.6 is 11.6 Å². The van der Waals surface area contributed by atoms with Gasteiger partial charge < -0.3 is 9.47 Å². The largest absolute Gasteiger partial charge is 0.493 e. The Labute approximate surface area is 183 Å². The number of carbonyl (C=O) groups excluding carboxylic acids is 2. The van der Waals surface area contributed by atoms with Crippen LogP contribution in [0.25, 0.3) is 16.9 Å². The molecule has 0 aliphatic heterocycles. The van der Waals surface area contributed by atoms with Gasteiger partial charge in [-0.1, -0.05) is 41.9 Å². The molecule has 0 bridgehead atoms. The van der Waals surface area contributed by atoms with Crippen LogP contribution in [0.3, 0.4) is 0 Å². The van der Waals surface area contributed by atoms with E-state index in [4.69, 9.17) is 21.1 Å². The second-order valence-electron chi connectivity index (χ2n) is 6.59. The molecule has 31 heavy (non-hydrogen) atoms. The number of aldehydes is 1. The van der Waals surface area contributed by atoms with E-state index < -0.39 is 5.97 Å². The number of para-hydroxylation sites is 1. The number of carbonyl (C=O) groups is 2. The number of rotatable bonds is 6. The van der Waals surface area contributed by atoms with Crippen LogP contribution in [-0.4, -0.2) is 29.1 Å². The molecule has 6 nitrogen and oxygen atoms in total. The molecule has 3 aromatic carbocycles. The Hall–Kier alpha value is -3.90. The Balaban J connectivity index is 1.73. The molecule has 0 radical (unpaired) electrons. The normalized spacial score (nSPS) is 10.5. The van der Waals surface area contributed by atoms with Crippen LogP contribution in [0, 0.1) is 0 Å². The Kier molecular flexibility index (Phi) is 5.82. The second kappa shape index (κ2) is 8.85. The minimum absolute atomic E-state index is 0.121. The van der Waals surface area contributed by atoms with Crippen molar-refractivity contribution in [1.82, 2.24) is 9.78 Å². The number of methoxy groups -OCH3 is 1. The van der Waals surface area contributed by atoms with E-state index in [1.54, 1.807) is 28.9 Å². The summed E-state index contributed by atoms with van der Waals surface area (Å²) in [6.45, 7) is 0. The average molecular weight is 433 g/mol. The molecule has 0 saturated heterocycles. The van der Waals surface area contributed by atoms with Gasteiger partial charge in [0.2, 0.25) is 0 Å². The molecule has 0 N–H and O–H groups in total. The molecule has 0 spiro atoms. The number of halogens is 1. The Bertz CT molecular complexity index is 1230. The van der Waals surface area contributed by atoms with Crippen molar-refractivity contribution >= 4 is 23.9 Å². The smallest absolute Gasteiger partial charge is 0.364 e. The predicted octanol–water partition coefficient (Wildman–Crippen LogP) is 5.23. The van der Waals surface area contributed by atoms with Crippen molar-refractivity contribution in [2.24, 2.45) is 0 Å². The van der Waals surface area contributed by atoms with Crippen LogP contribution in [0.2, 0.25) is 5.02 Å². The van der Waals surface area contributed by atoms with Crippen molar-refractivity contribution in [1.29, 1.82) is 0 Å². The van der Waals surface area contributed by atoms with Crippen LogP contribution in [0.1, 0.15) is 20.8 Å². The van der Waals surface area contributed by atoms with E-state index in [2.05, 4.69) is 5.10 Å². The van der Waals surface area contributed by atoms with Gasteiger partial charge in [0.15, 0.2) is 17.2 Å². The van der Waals surface area contributed by atoms with E-state index in [0.29, 0.717) is 22.6 Å². The third-order valence-electron chi connectivity index (χ3n) is 4.59. The van der Waals surface area contributed by atoms with Gasteiger partial charge in [-0.25, -0.2) is 9.48 Å². The number of esters is 1. The molecule has 1 heterocycles. The topological polar surface area (TPSA) is 70.4 Å². The van der Waals surface area contributed by atoms with Gasteiger partial charge in [0.05, 0.1) is 18.5 Å². The third-order valence-corrected chi connectivity index (χ3v) is 4.84. The first-order chi connectivity index (χ1) is 15.1. The molecule has 0 fully saturated rings. The van der Waals surface area contributed by atoms with Crippen molar-refractivity contribution in [2.75, 3.05) is 7.11 Å². The zero-order valence-corrected chi connectivity index (χ0v) is 17.2. The fourth-order valence-electron chi connectivity index (χ4n) is 3.07. The maximum Gasteiger partial charge on any atom is 0.364 e. The molecule has 0 amide bonds. The molecule has 4 aromatic rings. The quantitative estimate of drug-likeness (QED) is 0.237. The van der Waals surface area contributed by atoms with Crippen LogP contribution in [0.4, 0.5) is 0 Å². The van der Waals surface area contributed by atoms with Gasteiger partial charge in [-0.3, -0.25) is 4.79 Å². The molecule has 0 unspecified atom stereocenters. The van der Waals surface area contributed by atoms with Gasteiger partial charge in [0.1, 0.15) is 6.29 Å². The summed E-state index contributed by atoms with van der Waals surface area (Å²) in [6, 6.07) is 22.9. The molecular weight excluding hydrogens is 416 g/mol. The number of nitrogens with zero attached hydrogens (tertiary/aromatic N) is 2. The highest BCUT2D eigenvalue weighted by Crippen LogP contribution is 2.30. The first kappa shape index (κ1) is 20.4. The lowest BCUT2D eigenvalue weighted by molar-refractivity contribution is 0.0723. The highest BCUT2D eigenvalue weighted by Gasteiger charge is 2.20. The van der Waals surface area contributed by atoms with Gasteiger partial charge in [-0.2, -0.15) is 5.10 Å². The lowest BCUT2D eigenvalue weighted by atomic mass is 10.1. The highest BCUT2D eigenvalue weighted by atomic mass is 35.5. The number of hydrogen-bond acceptors (Lipinski definition) is 5. The minimum atomic E-state index is -0.651. The maximum absolute atomic E-state index is 12.9. The van der Waals surface area contributed by atoms with E-state index in [0.717, 1.165) is 11.3 Å². The maximum atomic E-state index is 12.9. The first-order valence-electron chi connectivity index (χ1n) is 9.36. The Morgan fingerprint density at radius 1 is 0.968 bits per heavy atom. The fraction of sp³-hybridized carbons (Fsp3) is 0.0417. The monoisotopic (exact) mass is 432 g/mol. The lowest BCUT2D eigenvalue weighted by Gasteiger charge is -2.08.